The summed E-state index contributed by atoms with van der Waals surface area (Å²) in [5, 5.41) is -0.445. The molecule has 0 aromatic heterocycles. The van der Waals surface area contributed by atoms with E-state index in [1.165, 1.54) is 11.3 Å². The van der Waals surface area contributed by atoms with Crippen molar-refractivity contribution >= 4 is 22.7 Å². The van der Waals surface area contributed by atoms with Crippen molar-refractivity contribution in [3.8, 4) is 0 Å². The minimum Gasteiger partial charge on any atom is -0.771 e. The second-order valence-corrected chi connectivity index (χ2v) is 10.7. The standard InChI is InChI=1S/C24H37N3O4S/c1-3-22(32(29)30)27-12-9-24(10-13-27)18-21(31-23(24)28)8-11-25-14-16-26(17-15-25)20-6-4-19(2)5-7-20/h4-7,21-22H,3,8-18H2,1-2H3,(H,29,30)/p-1/t21-,22?/m1/s1. The number of carbonyl (C=O) groups excluding carboxylic acids is 1. The molecule has 2 unspecified atom stereocenters. The Hall–Kier alpha value is -1.48. The summed E-state index contributed by atoms with van der Waals surface area (Å²) in [5.41, 5.74) is 2.17. The Balaban J connectivity index is 1.22. The Morgan fingerprint density at radius 3 is 2.38 bits per heavy atom. The summed E-state index contributed by atoms with van der Waals surface area (Å²) in [6.07, 6.45) is 3.62. The van der Waals surface area contributed by atoms with Gasteiger partial charge in [0.25, 0.3) is 0 Å². The molecule has 3 aliphatic rings. The molecule has 3 heterocycles. The summed E-state index contributed by atoms with van der Waals surface area (Å²) in [7, 11) is 0. The first-order chi connectivity index (χ1) is 15.4. The summed E-state index contributed by atoms with van der Waals surface area (Å²) >= 11 is -2.10. The first kappa shape index (κ1) is 23.7. The summed E-state index contributed by atoms with van der Waals surface area (Å²) in [6, 6.07) is 8.73. The number of carbonyl (C=O) groups is 1. The maximum Gasteiger partial charge on any atom is 0.312 e. The molecular formula is C24H36N3O4S-. The van der Waals surface area contributed by atoms with E-state index < -0.39 is 21.9 Å². The minimum atomic E-state index is -2.10. The number of piperazine rings is 1. The van der Waals surface area contributed by atoms with Crippen LogP contribution in [0.1, 0.15) is 44.6 Å². The Morgan fingerprint density at radius 1 is 1.12 bits per heavy atom. The molecule has 0 saturated carbocycles. The van der Waals surface area contributed by atoms with Gasteiger partial charge in [0.1, 0.15) is 6.10 Å². The molecule has 3 aliphatic heterocycles. The molecular weight excluding hydrogens is 426 g/mol. The number of aryl methyl sites for hydroxylation is 1. The second-order valence-electron chi connectivity index (χ2n) is 9.62. The lowest BCUT2D eigenvalue weighted by atomic mass is 9.75. The number of piperidine rings is 1. The van der Waals surface area contributed by atoms with Gasteiger partial charge in [-0.05, 0) is 55.8 Å². The molecule has 0 amide bonds. The van der Waals surface area contributed by atoms with Gasteiger partial charge in [0.15, 0.2) is 0 Å². The fraction of sp³-hybridized carbons (Fsp3) is 0.708. The first-order valence-corrected chi connectivity index (χ1v) is 13.1. The van der Waals surface area contributed by atoms with E-state index in [9.17, 15) is 13.6 Å². The summed E-state index contributed by atoms with van der Waals surface area (Å²) in [6.45, 7) is 10.4. The molecule has 0 N–H and O–H groups in total. The Labute approximate surface area is 194 Å². The highest BCUT2D eigenvalue weighted by molar-refractivity contribution is 7.79. The maximum absolute atomic E-state index is 12.7. The van der Waals surface area contributed by atoms with Gasteiger partial charge in [0, 0.05) is 57.9 Å². The number of cyclic esters (lactones) is 1. The lowest BCUT2D eigenvalue weighted by Gasteiger charge is -2.41. The number of ether oxygens (including phenoxy) is 1. The Kier molecular flexibility index (Phi) is 7.54. The maximum atomic E-state index is 12.7. The number of benzene rings is 1. The van der Waals surface area contributed by atoms with Gasteiger partial charge in [-0.1, -0.05) is 24.6 Å². The van der Waals surface area contributed by atoms with Crippen LogP contribution in [-0.4, -0.2) is 81.8 Å². The van der Waals surface area contributed by atoms with Gasteiger partial charge >= 0.3 is 5.97 Å². The average Bonchev–Trinajstić information content (AvgIpc) is 3.09. The van der Waals surface area contributed by atoms with Crippen molar-refractivity contribution < 1.29 is 18.3 Å². The topological polar surface area (TPSA) is 76.2 Å². The number of esters is 1. The number of nitrogens with zero attached hydrogens (tertiary/aromatic N) is 3. The quantitative estimate of drug-likeness (QED) is 0.455. The lowest BCUT2D eigenvalue weighted by Crippen LogP contribution is -2.48. The van der Waals surface area contributed by atoms with E-state index in [4.69, 9.17) is 4.74 Å². The van der Waals surface area contributed by atoms with Gasteiger partial charge in [-0.3, -0.25) is 18.8 Å². The van der Waals surface area contributed by atoms with Crippen LogP contribution in [0.2, 0.25) is 0 Å². The van der Waals surface area contributed by atoms with Crippen molar-refractivity contribution in [3.05, 3.63) is 29.8 Å². The molecule has 0 radical (unpaired) electrons. The van der Waals surface area contributed by atoms with Crippen molar-refractivity contribution in [1.29, 1.82) is 0 Å². The highest BCUT2D eigenvalue weighted by Gasteiger charge is 2.50. The van der Waals surface area contributed by atoms with Crippen LogP contribution >= 0.6 is 0 Å². The van der Waals surface area contributed by atoms with Crippen molar-refractivity contribution in [2.45, 2.75) is 57.4 Å². The molecule has 7 nitrogen and oxygen atoms in total. The normalized spacial score (nSPS) is 26.3. The van der Waals surface area contributed by atoms with Gasteiger partial charge in [0.2, 0.25) is 0 Å². The Bertz CT molecular complexity index is 802. The molecule has 1 spiro atoms. The summed E-state index contributed by atoms with van der Waals surface area (Å²) in [4.78, 5) is 19.6. The number of anilines is 1. The van der Waals surface area contributed by atoms with E-state index in [2.05, 4.69) is 41.0 Å². The molecule has 3 atom stereocenters. The second kappa shape index (κ2) is 10.2. The molecule has 178 valence electrons. The first-order valence-electron chi connectivity index (χ1n) is 12.0. The van der Waals surface area contributed by atoms with Crippen molar-refractivity contribution in [3.63, 3.8) is 0 Å². The molecule has 3 saturated heterocycles. The molecule has 1 aromatic carbocycles. The van der Waals surface area contributed by atoms with E-state index in [0.29, 0.717) is 32.4 Å². The lowest BCUT2D eigenvalue weighted by molar-refractivity contribution is -0.151. The van der Waals surface area contributed by atoms with Gasteiger partial charge < -0.3 is 14.2 Å². The number of rotatable bonds is 7. The molecule has 4 rings (SSSR count). The SMILES string of the molecule is CCC(N1CCC2(CC1)C[C@@H](CCN1CCN(c3ccc(C)cc3)CC1)OC2=O)S(=O)[O-]. The fourth-order valence-corrected chi connectivity index (χ4v) is 6.20. The zero-order valence-corrected chi connectivity index (χ0v) is 20.1. The molecule has 3 fully saturated rings. The van der Waals surface area contributed by atoms with Crippen LogP contribution in [0.15, 0.2) is 24.3 Å². The highest BCUT2D eigenvalue weighted by Crippen LogP contribution is 2.44. The third-order valence-electron chi connectivity index (χ3n) is 7.60. The highest BCUT2D eigenvalue weighted by atomic mass is 32.2. The predicted octanol–water partition coefficient (Wildman–Crippen LogP) is 2.52. The third-order valence-corrected chi connectivity index (χ3v) is 8.67. The third kappa shape index (κ3) is 5.19. The van der Waals surface area contributed by atoms with Crippen molar-refractivity contribution in [2.75, 3.05) is 50.7 Å². The van der Waals surface area contributed by atoms with Crippen LogP contribution in [0.4, 0.5) is 5.69 Å². The van der Waals surface area contributed by atoms with Crippen LogP contribution in [-0.2, 0) is 20.6 Å². The molecule has 0 bridgehead atoms. The zero-order valence-electron chi connectivity index (χ0n) is 19.3. The molecule has 32 heavy (non-hydrogen) atoms. The minimum absolute atomic E-state index is 0.0141. The summed E-state index contributed by atoms with van der Waals surface area (Å²) in [5.74, 6) is -0.0670. The van der Waals surface area contributed by atoms with Gasteiger partial charge in [0.05, 0.1) is 10.8 Å². The average molecular weight is 463 g/mol. The van der Waals surface area contributed by atoms with Crippen molar-refractivity contribution in [2.24, 2.45) is 5.41 Å². The van der Waals surface area contributed by atoms with E-state index in [0.717, 1.165) is 45.6 Å². The van der Waals surface area contributed by atoms with E-state index in [1.54, 1.807) is 0 Å². The van der Waals surface area contributed by atoms with Crippen molar-refractivity contribution in [1.82, 2.24) is 9.80 Å². The van der Waals surface area contributed by atoms with Gasteiger partial charge in [-0.2, -0.15) is 0 Å². The van der Waals surface area contributed by atoms with Crippen LogP contribution in [0.3, 0.4) is 0 Å². The number of likely N-dealkylation sites (tertiary alicyclic amines) is 1. The molecule has 0 aliphatic carbocycles. The number of hydrogen-bond donors (Lipinski definition) is 0. The fourth-order valence-electron chi connectivity index (χ4n) is 5.47. The smallest absolute Gasteiger partial charge is 0.312 e. The Morgan fingerprint density at radius 2 is 1.78 bits per heavy atom. The van der Waals surface area contributed by atoms with E-state index in [1.807, 2.05) is 11.8 Å². The van der Waals surface area contributed by atoms with Crippen LogP contribution in [0.5, 0.6) is 0 Å². The largest absolute Gasteiger partial charge is 0.771 e. The van der Waals surface area contributed by atoms with Crippen LogP contribution in [0, 0.1) is 12.3 Å². The number of hydrogen-bond acceptors (Lipinski definition) is 7. The van der Waals surface area contributed by atoms with E-state index in [-0.39, 0.29) is 12.1 Å². The zero-order chi connectivity index (χ0) is 22.7. The van der Waals surface area contributed by atoms with Crippen LogP contribution in [0.25, 0.3) is 0 Å². The molecule has 8 heteroatoms. The molecule has 1 aromatic rings. The monoisotopic (exact) mass is 462 g/mol. The van der Waals surface area contributed by atoms with Crippen LogP contribution < -0.4 is 4.90 Å². The predicted molar refractivity (Wildman–Crippen MR) is 125 cm³/mol. The summed E-state index contributed by atoms with van der Waals surface area (Å²) < 4.78 is 28.7. The van der Waals surface area contributed by atoms with Gasteiger partial charge in [-0.25, -0.2) is 0 Å². The van der Waals surface area contributed by atoms with Gasteiger partial charge in [-0.15, -0.1) is 0 Å². The van der Waals surface area contributed by atoms with E-state index >= 15 is 0 Å².